The van der Waals surface area contributed by atoms with Crippen LogP contribution in [0.25, 0.3) is 0 Å². The van der Waals surface area contributed by atoms with E-state index in [1.165, 1.54) is 7.11 Å². The molecule has 1 rings (SSSR count). The molecule has 0 aromatic rings. The molecule has 0 unspecified atom stereocenters. The molecule has 2 atom stereocenters. The van der Waals surface area contributed by atoms with Crippen molar-refractivity contribution < 1.29 is 23.8 Å². The Labute approximate surface area is 120 Å². The van der Waals surface area contributed by atoms with Gasteiger partial charge in [-0.3, -0.25) is 14.5 Å². The molecule has 6 heteroatoms. The summed E-state index contributed by atoms with van der Waals surface area (Å²) in [6.07, 6.45) is 1.33. The third kappa shape index (κ3) is 5.88. The van der Waals surface area contributed by atoms with Crippen LogP contribution >= 0.6 is 0 Å². The maximum Gasteiger partial charge on any atom is 0.308 e. The average Bonchev–Trinajstić information content (AvgIpc) is 2.45. The van der Waals surface area contributed by atoms with Crippen molar-refractivity contribution in [2.75, 3.05) is 33.4 Å². The lowest BCUT2D eigenvalue weighted by Crippen LogP contribution is -2.47. The molecular formula is C14H25NO5. The maximum absolute atomic E-state index is 11.4. The lowest BCUT2D eigenvalue weighted by Gasteiger charge is -2.36. The van der Waals surface area contributed by atoms with E-state index in [4.69, 9.17) is 9.47 Å². The number of hydrogen-bond acceptors (Lipinski definition) is 6. The van der Waals surface area contributed by atoms with Crippen LogP contribution in [0.5, 0.6) is 0 Å². The quantitative estimate of drug-likeness (QED) is 0.650. The number of rotatable bonds is 7. The van der Waals surface area contributed by atoms with Gasteiger partial charge in [-0.1, -0.05) is 0 Å². The Balaban J connectivity index is 2.34. The second-order valence-electron chi connectivity index (χ2n) is 4.96. The van der Waals surface area contributed by atoms with E-state index >= 15 is 0 Å². The monoisotopic (exact) mass is 287 g/mol. The summed E-state index contributed by atoms with van der Waals surface area (Å²) in [7, 11) is 1.38. The SMILES string of the molecule is CCOC(=O)CC[C@H](C)N1CCO[C@H](CC(=O)OC)C1. The summed E-state index contributed by atoms with van der Waals surface area (Å²) in [4.78, 5) is 24.9. The lowest BCUT2D eigenvalue weighted by atomic mass is 10.1. The molecule has 0 radical (unpaired) electrons. The fourth-order valence-corrected chi connectivity index (χ4v) is 2.28. The molecule has 0 N–H and O–H groups in total. The maximum atomic E-state index is 11.4. The number of esters is 2. The van der Waals surface area contributed by atoms with Crippen LogP contribution in [-0.4, -0.2) is 62.4 Å². The zero-order valence-corrected chi connectivity index (χ0v) is 12.6. The third-order valence-electron chi connectivity index (χ3n) is 3.49. The van der Waals surface area contributed by atoms with Crippen LogP contribution in [0, 0.1) is 0 Å². The first-order chi connectivity index (χ1) is 9.56. The Hall–Kier alpha value is -1.14. The first-order valence-electron chi connectivity index (χ1n) is 7.14. The van der Waals surface area contributed by atoms with Crippen LogP contribution in [0.15, 0.2) is 0 Å². The minimum atomic E-state index is -0.254. The Morgan fingerprint density at radius 1 is 1.40 bits per heavy atom. The highest BCUT2D eigenvalue weighted by Gasteiger charge is 2.26. The molecular weight excluding hydrogens is 262 g/mol. The molecule has 1 fully saturated rings. The minimum absolute atomic E-state index is 0.124. The summed E-state index contributed by atoms with van der Waals surface area (Å²) in [5.74, 6) is -0.408. The third-order valence-corrected chi connectivity index (χ3v) is 3.49. The zero-order chi connectivity index (χ0) is 15.0. The Morgan fingerprint density at radius 3 is 2.80 bits per heavy atom. The van der Waals surface area contributed by atoms with Crippen molar-refractivity contribution in [2.45, 2.75) is 45.3 Å². The van der Waals surface area contributed by atoms with Gasteiger partial charge in [0.05, 0.1) is 32.8 Å². The number of methoxy groups -OCH3 is 1. The summed E-state index contributed by atoms with van der Waals surface area (Å²) in [5.41, 5.74) is 0. The molecule has 0 saturated carbocycles. The van der Waals surface area contributed by atoms with Crippen molar-refractivity contribution in [2.24, 2.45) is 0 Å². The average molecular weight is 287 g/mol. The molecule has 0 bridgehead atoms. The molecule has 0 aromatic heterocycles. The van der Waals surface area contributed by atoms with E-state index in [1.54, 1.807) is 6.92 Å². The summed E-state index contributed by atoms with van der Waals surface area (Å²) in [6, 6.07) is 0.267. The highest BCUT2D eigenvalue weighted by molar-refractivity contribution is 5.70. The largest absolute Gasteiger partial charge is 0.469 e. The van der Waals surface area contributed by atoms with Gasteiger partial charge in [0.15, 0.2) is 0 Å². The summed E-state index contributed by atoms with van der Waals surface area (Å²) in [5, 5.41) is 0. The number of morpholine rings is 1. The van der Waals surface area contributed by atoms with Crippen LogP contribution in [0.3, 0.4) is 0 Å². The van der Waals surface area contributed by atoms with Crippen LogP contribution in [0.4, 0.5) is 0 Å². The van der Waals surface area contributed by atoms with Crippen molar-refractivity contribution >= 4 is 11.9 Å². The molecule has 6 nitrogen and oxygen atoms in total. The molecule has 0 amide bonds. The van der Waals surface area contributed by atoms with E-state index < -0.39 is 0 Å². The first-order valence-corrected chi connectivity index (χ1v) is 7.14. The highest BCUT2D eigenvalue weighted by atomic mass is 16.5. The van der Waals surface area contributed by atoms with Gasteiger partial charge < -0.3 is 14.2 Å². The van der Waals surface area contributed by atoms with E-state index in [9.17, 15) is 9.59 Å². The van der Waals surface area contributed by atoms with Gasteiger partial charge >= 0.3 is 11.9 Å². The smallest absolute Gasteiger partial charge is 0.308 e. The number of carbonyl (C=O) groups excluding carboxylic acids is 2. The van der Waals surface area contributed by atoms with Crippen LogP contribution in [0.2, 0.25) is 0 Å². The summed E-state index contributed by atoms with van der Waals surface area (Å²) < 4.78 is 15.1. The lowest BCUT2D eigenvalue weighted by molar-refractivity contribution is -0.146. The first kappa shape index (κ1) is 16.9. The number of nitrogens with zero attached hydrogens (tertiary/aromatic N) is 1. The van der Waals surface area contributed by atoms with E-state index in [1.807, 2.05) is 0 Å². The van der Waals surface area contributed by atoms with Gasteiger partial charge in [-0.2, -0.15) is 0 Å². The fraction of sp³-hybridized carbons (Fsp3) is 0.857. The van der Waals surface area contributed by atoms with Gasteiger partial charge in [0, 0.05) is 25.6 Å². The molecule has 0 aromatic carbocycles. The molecule has 1 saturated heterocycles. The number of ether oxygens (including phenoxy) is 3. The Kier molecular flexibility index (Phi) is 7.54. The van der Waals surface area contributed by atoms with Crippen LogP contribution < -0.4 is 0 Å². The molecule has 1 aliphatic rings. The Morgan fingerprint density at radius 2 is 2.15 bits per heavy atom. The topological polar surface area (TPSA) is 65.1 Å². The number of hydrogen-bond donors (Lipinski definition) is 0. The normalized spacial score (nSPS) is 21.2. The predicted octanol–water partition coefficient (Wildman–Crippen LogP) is 0.982. The van der Waals surface area contributed by atoms with E-state index in [-0.39, 0.29) is 30.5 Å². The van der Waals surface area contributed by atoms with Gasteiger partial charge in [-0.15, -0.1) is 0 Å². The fourth-order valence-electron chi connectivity index (χ4n) is 2.28. The second kappa shape index (κ2) is 8.92. The van der Waals surface area contributed by atoms with Crippen molar-refractivity contribution in [1.82, 2.24) is 4.90 Å². The summed E-state index contributed by atoms with van der Waals surface area (Å²) >= 11 is 0. The second-order valence-corrected chi connectivity index (χ2v) is 4.96. The van der Waals surface area contributed by atoms with E-state index in [0.717, 1.165) is 13.0 Å². The molecule has 116 valence electrons. The van der Waals surface area contributed by atoms with Crippen LogP contribution in [-0.2, 0) is 23.8 Å². The molecule has 1 aliphatic heterocycles. The van der Waals surface area contributed by atoms with Gasteiger partial charge in [0.1, 0.15) is 0 Å². The van der Waals surface area contributed by atoms with Gasteiger partial charge in [0.25, 0.3) is 0 Å². The molecule has 0 spiro atoms. The van der Waals surface area contributed by atoms with Gasteiger partial charge in [-0.25, -0.2) is 0 Å². The predicted molar refractivity (Wildman–Crippen MR) is 73.3 cm³/mol. The van der Waals surface area contributed by atoms with E-state index in [2.05, 4.69) is 16.6 Å². The molecule has 20 heavy (non-hydrogen) atoms. The number of carbonyl (C=O) groups is 2. The minimum Gasteiger partial charge on any atom is -0.469 e. The van der Waals surface area contributed by atoms with Crippen LogP contribution in [0.1, 0.15) is 33.1 Å². The Bertz CT molecular complexity index is 321. The van der Waals surface area contributed by atoms with Crippen molar-refractivity contribution in [3.05, 3.63) is 0 Å². The van der Waals surface area contributed by atoms with E-state index in [0.29, 0.717) is 26.2 Å². The van der Waals surface area contributed by atoms with Crippen molar-refractivity contribution in [3.8, 4) is 0 Å². The standard InChI is InChI=1S/C14H25NO5/c1-4-19-13(16)6-5-11(2)15-7-8-20-12(10-15)9-14(17)18-3/h11-12H,4-10H2,1-3H3/t11-,12+/m0/s1. The zero-order valence-electron chi connectivity index (χ0n) is 12.6. The highest BCUT2D eigenvalue weighted by Crippen LogP contribution is 2.15. The van der Waals surface area contributed by atoms with Crippen molar-refractivity contribution in [1.29, 1.82) is 0 Å². The molecule has 1 heterocycles. The van der Waals surface area contributed by atoms with Crippen molar-refractivity contribution in [3.63, 3.8) is 0 Å². The molecule has 0 aliphatic carbocycles. The van der Waals surface area contributed by atoms with Gasteiger partial charge in [-0.05, 0) is 20.3 Å². The summed E-state index contributed by atoms with van der Waals surface area (Å²) in [6.45, 7) is 6.43. The van der Waals surface area contributed by atoms with Gasteiger partial charge in [0.2, 0.25) is 0 Å².